The largest absolute Gasteiger partial charge is 0.258 e. The summed E-state index contributed by atoms with van der Waals surface area (Å²) in [4.78, 5) is 8.96. The zero-order chi connectivity index (χ0) is 13.2. The lowest BCUT2D eigenvalue weighted by atomic mass is 9.92. The van der Waals surface area contributed by atoms with Crippen molar-refractivity contribution in [3.05, 3.63) is 23.8 Å². The maximum Gasteiger partial charge on any atom is 0.0617 e. The summed E-state index contributed by atoms with van der Waals surface area (Å²) in [6.45, 7) is 6.52. The molecule has 2 heteroatoms. The second kappa shape index (κ2) is 9.07. The van der Waals surface area contributed by atoms with E-state index in [4.69, 9.17) is 0 Å². The van der Waals surface area contributed by atoms with E-state index in [1.165, 1.54) is 57.1 Å². The van der Waals surface area contributed by atoms with Crippen LogP contribution < -0.4 is 0 Å². The van der Waals surface area contributed by atoms with Gasteiger partial charge < -0.3 is 0 Å². The normalized spacial score (nSPS) is 12.6. The van der Waals surface area contributed by atoms with Gasteiger partial charge in [-0.05, 0) is 19.8 Å². The van der Waals surface area contributed by atoms with Crippen LogP contribution in [0, 0.1) is 6.92 Å². The fourth-order valence-electron chi connectivity index (χ4n) is 2.32. The Kier molecular flexibility index (Phi) is 7.63. The van der Waals surface area contributed by atoms with Crippen LogP contribution >= 0.6 is 0 Å². The van der Waals surface area contributed by atoms with Crippen LogP contribution in [0.15, 0.2) is 12.4 Å². The highest BCUT2D eigenvalue weighted by atomic mass is 14.8. The van der Waals surface area contributed by atoms with Gasteiger partial charge in [0.15, 0.2) is 0 Å². The van der Waals surface area contributed by atoms with E-state index in [0.29, 0.717) is 5.92 Å². The molecule has 0 saturated carbocycles. The SMILES string of the molecule is CCCCCCC(CCCC)c1cnc(C)cn1. The first-order valence-corrected chi connectivity index (χ1v) is 7.56. The summed E-state index contributed by atoms with van der Waals surface area (Å²) >= 11 is 0. The summed E-state index contributed by atoms with van der Waals surface area (Å²) in [5.41, 5.74) is 2.21. The van der Waals surface area contributed by atoms with E-state index in [-0.39, 0.29) is 0 Å². The second-order valence-corrected chi connectivity index (χ2v) is 5.27. The molecule has 0 amide bonds. The maximum absolute atomic E-state index is 4.57. The van der Waals surface area contributed by atoms with Crippen molar-refractivity contribution in [2.75, 3.05) is 0 Å². The maximum atomic E-state index is 4.57. The van der Waals surface area contributed by atoms with Gasteiger partial charge in [0, 0.05) is 18.3 Å². The van der Waals surface area contributed by atoms with Gasteiger partial charge in [-0.15, -0.1) is 0 Å². The fraction of sp³-hybridized carbons (Fsp3) is 0.750. The predicted octanol–water partition coefficient (Wildman–Crippen LogP) is 5.03. The van der Waals surface area contributed by atoms with E-state index in [9.17, 15) is 0 Å². The summed E-state index contributed by atoms with van der Waals surface area (Å²) in [5, 5.41) is 0. The Morgan fingerprint density at radius 1 is 0.889 bits per heavy atom. The van der Waals surface area contributed by atoms with Gasteiger partial charge in [-0.1, -0.05) is 52.4 Å². The van der Waals surface area contributed by atoms with Gasteiger partial charge in [-0.3, -0.25) is 9.97 Å². The highest BCUT2D eigenvalue weighted by Crippen LogP contribution is 2.26. The van der Waals surface area contributed by atoms with Gasteiger partial charge in [-0.25, -0.2) is 0 Å². The molecule has 0 aliphatic carbocycles. The van der Waals surface area contributed by atoms with Crippen molar-refractivity contribution in [3.63, 3.8) is 0 Å². The summed E-state index contributed by atoms with van der Waals surface area (Å²) in [7, 11) is 0. The first-order valence-electron chi connectivity index (χ1n) is 7.56. The van der Waals surface area contributed by atoms with Gasteiger partial charge in [0.1, 0.15) is 0 Å². The quantitative estimate of drug-likeness (QED) is 0.573. The molecule has 1 atom stereocenters. The molecule has 102 valence electrons. The smallest absolute Gasteiger partial charge is 0.0617 e. The number of unbranched alkanes of at least 4 members (excludes halogenated alkanes) is 4. The van der Waals surface area contributed by atoms with Gasteiger partial charge in [0.25, 0.3) is 0 Å². The molecule has 0 aromatic carbocycles. The monoisotopic (exact) mass is 248 g/mol. The van der Waals surface area contributed by atoms with Crippen LogP contribution in [0.4, 0.5) is 0 Å². The molecular formula is C16H28N2. The van der Waals surface area contributed by atoms with E-state index >= 15 is 0 Å². The Hall–Kier alpha value is -0.920. The van der Waals surface area contributed by atoms with E-state index < -0.39 is 0 Å². The molecule has 0 radical (unpaired) electrons. The number of nitrogens with zero attached hydrogens (tertiary/aromatic N) is 2. The van der Waals surface area contributed by atoms with Crippen molar-refractivity contribution in [2.45, 2.75) is 78.1 Å². The molecular weight excluding hydrogens is 220 g/mol. The number of hydrogen-bond donors (Lipinski definition) is 0. The van der Waals surface area contributed by atoms with Crippen LogP contribution in [-0.2, 0) is 0 Å². The minimum atomic E-state index is 0.620. The molecule has 0 saturated heterocycles. The van der Waals surface area contributed by atoms with Gasteiger partial charge in [0.05, 0.1) is 11.4 Å². The third-order valence-electron chi connectivity index (χ3n) is 3.53. The van der Waals surface area contributed by atoms with Crippen LogP contribution in [0.5, 0.6) is 0 Å². The third kappa shape index (κ3) is 5.61. The van der Waals surface area contributed by atoms with Crippen molar-refractivity contribution in [1.29, 1.82) is 0 Å². The number of rotatable bonds is 9. The van der Waals surface area contributed by atoms with Crippen molar-refractivity contribution in [2.24, 2.45) is 0 Å². The molecule has 0 aliphatic heterocycles. The first kappa shape index (κ1) is 15.1. The Bertz CT molecular complexity index is 305. The summed E-state index contributed by atoms with van der Waals surface area (Å²) < 4.78 is 0. The van der Waals surface area contributed by atoms with Crippen LogP contribution in [0.1, 0.15) is 82.5 Å². The van der Waals surface area contributed by atoms with Crippen molar-refractivity contribution >= 4 is 0 Å². The zero-order valence-electron chi connectivity index (χ0n) is 12.3. The molecule has 0 spiro atoms. The van der Waals surface area contributed by atoms with Crippen LogP contribution in [0.3, 0.4) is 0 Å². The standard InChI is InChI=1S/C16H28N2/c1-4-6-8-9-11-15(10-7-5-2)16-13-17-14(3)12-18-16/h12-13,15H,4-11H2,1-3H3. The topological polar surface area (TPSA) is 25.8 Å². The zero-order valence-corrected chi connectivity index (χ0v) is 12.3. The molecule has 1 aromatic heterocycles. The van der Waals surface area contributed by atoms with Crippen LogP contribution in [0.2, 0.25) is 0 Å². The molecule has 0 aliphatic rings. The number of hydrogen-bond acceptors (Lipinski definition) is 2. The van der Waals surface area contributed by atoms with Gasteiger partial charge in [0.2, 0.25) is 0 Å². The minimum absolute atomic E-state index is 0.620. The van der Waals surface area contributed by atoms with Crippen molar-refractivity contribution in [1.82, 2.24) is 9.97 Å². The molecule has 0 fully saturated rings. The van der Waals surface area contributed by atoms with E-state index in [1.807, 2.05) is 19.3 Å². The van der Waals surface area contributed by atoms with Gasteiger partial charge >= 0.3 is 0 Å². The molecule has 1 heterocycles. The lowest BCUT2D eigenvalue weighted by Gasteiger charge is -2.15. The predicted molar refractivity (Wildman–Crippen MR) is 77.8 cm³/mol. The Balaban J connectivity index is 2.51. The Morgan fingerprint density at radius 2 is 1.61 bits per heavy atom. The molecule has 0 N–H and O–H groups in total. The van der Waals surface area contributed by atoms with Crippen LogP contribution in [-0.4, -0.2) is 9.97 Å². The molecule has 2 nitrogen and oxygen atoms in total. The lowest BCUT2D eigenvalue weighted by Crippen LogP contribution is -2.03. The number of aromatic nitrogens is 2. The first-order chi connectivity index (χ1) is 8.77. The van der Waals surface area contributed by atoms with Gasteiger partial charge in [-0.2, -0.15) is 0 Å². The molecule has 1 unspecified atom stereocenters. The second-order valence-electron chi connectivity index (χ2n) is 5.27. The minimum Gasteiger partial charge on any atom is -0.258 e. The average Bonchev–Trinajstić information content (AvgIpc) is 2.39. The molecule has 1 aromatic rings. The highest BCUT2D eigenvalue weighted by Gasteiger charge is 2.12. The Morgan fingerprint density at radius 3 is 2.22 bits per heavy atom. The summed E-state index contributed by atoms with van der Waals surface area (Å²) in [6, 6.07) is 0. The summed E-state index contributed by atoms with van der Waals surface area (Å²) in [5.74, 6) is 0.620. The highest BCUT2D eigenvalue weighted by molar-refractivity contribution is 5.06. The molecule has 0 bridgehead atoms. The third-order valence-corrected chi connectivity index (χ3v) is 3.53. The number of aryl methyl sites for hydroxylation is 1. The van der Waals surface area contributed by atoms with E-state index in [0.717, 1.165) is 5.69 Å². The van der Waals surface area contributed by atoms with E-state index in [2.05, 4.69) is 23.8 Å². The average molecular weight is 248 g/mol. The lowest BCUT2D eigenvalue weighted by molar-refractivity contribution is 0.498. The summed E-state index contributed by atoms with van der Waals surface area (Å²) in [6.07, 6.45) is 14.4. The van der Waals surface area contributed by atoms with Crippen molar-refractivity contribution < 1.29 is 0 Å². The Labute approximate surface area is 112 Å². The van der Waals surface area contributed by atoms with Crippen molar-refractivity contribution in [3.8, 4) is 0 Å². The van der Waals surface area contributed by atoms with E-state index in [1.54, 1.807) is 0 Å². The molecule has 18 heavy (non-hydrogen) atoms. The molecule has 1 rings (SSSR count). The fourth-order valence-corrected chi connectivity index (χ4v) is 2.32. The van der Waals surface area contributed by atoms with Crippen LogP contribution in [0.25, 0.3) is 0 Å².